The van der Waals surface area contributed by atoms with Crippen LogP contribution in [0.4, 0.5) is 0 Å². The zero-order valence-electron chi connectivity index (χ0n) is 14.1. The first-order chi connectivity index (χ1) is 11.2. The first-order valence-electron chi connectivity index (χ1n) is 8.03. The van der Waals surface area contributed by atoms with E-state index in [0.717, 1.165) is 25.5 Å². The molecule has 1 aromatic carbocycles. The molecular weight excluding hydrogens is 417 g/mol. The fourth-order valence-corrected chi connectivity index (χ4v) is 3.04. The van der Waals surface area contributed by atoms with E-state index >= 15 is 0 Å². The van der Waals surface area contributed by atoms with E-state index in [9.17, 15) is 0 Å². The maximum Gasteiger partial charge on any atom is 0.246 e. The number of aliphatic imine (C=N–C) groups is 1. The van der Waals surface area contributed by atoms with Crippen LogP contribution in [0.25, 0.3) is 0 Å². The van der Waals surface area contributed by atoms with Gasteiger partial charge in [-0.3, -0.25) is 4.99 Å². The Morgan fingerprint density at radius 3 is 2.83 bits per heavy atom. The Bertz CT molecular complexity index is 658. The predicted octanol–water partition coefficient (Wildman–Crippen LogP) is 2.64. The van der Waals surface area contributed by atoms with Crippen molar-refractivity contribution in [2.24, 2.45) is 10.9 Å². The second-order valence-corrected chi connectivity index (χ2v) is 5.93. The van der Waals surface area contributed by atoms with E-state index in [1.54, 1.807) is 0 Å². The Morgan fingerprint density at radius 2 is 2.17 bits per heavy atom. The maximum atomic E-state index is 5.12. The highest BCUT2D eigenvalue weighted by Crippen LogP contribution is 2.20. The Balaban J connectivity index is 0.00000208. The fraction of sp³-hybridized carbons (Fsp3) is 0.471. The lowest BCUT2D eigenvalue weighted by atomic mass is 9.99. The average Bonchev–Trinajstić information content (AvgIpc) is 3.19. The summed E-state index contributed by atoms with van der Waals surface area (Å²) in [7, 11) is 1.81. The number of hydrogen-bond acceptors (Lipinski definition) is 4. The van der Waals surface area contributed by atoms with Crippen LogP contribution in [0, 0.1) is 12.8 Å². The molecule has 1 saturated heterocycles. The second-order valence-electron chi connectivity index (χ2n) is 5.93. The van der Waals surface area contributed by atoms with Crippen LogP contribution < -0.4 is 5.32 Å². The van der Waals surface area contributed by atoms with Gasteiger partial charge in [0.25, 0.3) is 0 Å². The van der Waals surface area contributed by atoms with Crippen LogP contribution >= 0.6 is 24.0 Å². The van der Waals surface area contributed by atoms with Crippen molar-refractivity contribution in [1.29, 1.82) is 0 Å². The Labute approximate surface area is 159 Å². The summed E-state index contributed by atoms with van der Waals surface area (Å²) >= 11 is 0. The number of aryl methyl sites for hydroxylation is 1. The van der Waals surface area contributed by atoms with E-state index in [2.05, 4.69) is 55.7 Å². The second kappa shape index (κ2) is 9.00. The van der Waals surface area contributed by atoms with Crippen LogP contribution in [-0.4, -0.2) is 41.1 Å². The molecule has 1 fully saturated rings. The normalized spacial score (nSPS) is 17.7. The Hall–Kier alpha value is -1.64. The molecule has 6 nitrogen and oxygen atoms in total. The van der Waals surface area contributed by atoms with Gasteiger partial charge in [0.05, 0.1) is 6.54 Å². The first kappa shape index (κ1) is 18.7. The highest BCUT2D eigenvalue weighted by molar-refractivity contribution is 14.0. The maximum absolute atomic E-state index is 5.12. The molecule has 1 aliphatic heterocycles. The summed E-state index contributed by atoms with van der Waals surface area (Å²) in [4.78, 5) is 10.9. The third-order valence-electron chi connectivity index (χ3n) is 4.13. The van der Waals surface area contributed by atoms with Crippen molar-refractivity contribution in [3.05, 3.63) is 47.6 Å². The molecular formula is C17H24IN5O. The minimum absolute atomic E-state index is 0. The highest BCUT2D eigenvalue weighted by Gasteiger charge is 2.25. The van der Waals surface area contributed by atoms with Crippen LogP contribution in [0.2, 0.25) is 0 Å². The lowest BCUT2D eigenvalue weighted by Gasteiger charge is -2.21. The van der Waals surface area contributed by atoms with Crippen LogP contribution in [0.3, 0.4) is 0 Å². The number of halogens is 1. The number of likely N-dealkylation sites (tertiary alicyclic amines) is 1. The summed E-state index contributed by atoms with van der Waals surface area (Å²) < 4.78 is 5.12. The summed E-state index contributed by atoms with van der Waals surface area (Å²) in [6, 6.07) is 10.7. The molecule has 0 bridgehead atoms. The molecule has 1 atom stereocenters. The van der Waals surface area contributed by atoms with Crippen molar-refractivity contribution in [3.8, 4) is 0 Å². The van der Waals surface area contributed by atoms with Gasteiger partial charge in [0.2, 0.25) is 5.89 Å². The molecule has 0 aliphatic carbocycles. The quantitative estimate of drug-likeness (QED) is 0.449. The molecule has 0 spiro atoms. The minimum atomic E-state index is 0. The average molecular weight is 441 g/mol. The molecule has 2 aromatic rings. The SMILES string of the molecule is CN=C(NCc1nc(C)no1)N1CCC(Cc2ccccc2)C1.I. The van der Waals surface area contributed by atoms with Gasteiger partial charge >= 0.3 is 0 Å². The van der Waals surface area contributed by atoms with Crippen LogP contribution in [0.5, 0.6) is 0 Å². The molecule has 1 unspecified atom stereocenters. The van der Waals surface area contributed by atoms with Gasteiger partial charge in [-0.05, 0) is 31.2 Å². The highest BCUT2D eigenvalue weighted by atomic mass is 127. The number of aromatic nitrogens is 2. The predicted molar refractivity (Wildman–Crippen MR) is 104 cm³/mol. The fourth-order valence-electron chi connectivity index (χ4n) is 3.04. The first-order valence-corrected chi connectivity index (χ1v) is 8.03. The van der Waals surface area contributed by atoms with Crippen molar-refractivity contribution in [2.45, 2.75) is 26.3 Å². The van der Waals surface area contributed by atoms with Gasteiger partial charge in [0, 0.05) is 20.1 Å². The van der Waals surface area contributed by atoms with Crippen molar-refractivity contribution < 1.29 is 4.52 Å². The van der Waals surface area contributed by atoms with Crippen molar-refractivity contribution >= 4 is 29.9 Å². The summed E-state index contributed by atoms with van der Waals surface area (Å²) in [5, 5.41) is 7.10. The smallest absolute Gasteiger partial charge is 0.246 e. The molecule has 0 amide bonds. The van der Waals surface area contributed by atoms with Crippen LogP contribution in [0.15, 0.2) is 39.8 Å². The summed E-state index contributed by atoms with van der Waals surface area (Å²) in [6.07, 6.45) is 2.31. The third kappa shape index (κ3) is 4.93. The van der Waals surface area contributed by atoms with Gasteiger partial charge in [-0.25, -0.2) is 0 Å². The largest absolute Gasteiger partial charge is 0.347 e. The lowest BCUT2D eigenvalue weighted by molar-refractivity contribution is 0.367. The molecule has 24 heavy (non-hydrogen) atoms. The Morgan fingerprint density at radius 1 is 1.38 bits per heavy atom. The lowest BCUT2D eigenvalue weighted by Crippen LogP contribution is -2.39. The van der Waals surface area contributed by atoms with Crippen LogP contribution in [0.1, 0.15) is 23.7 Å². The van der Waals surface area contributed by atoms with Gasteiger partial charge in [0.15, 0.2) is 11.8 Å². The van der Waals surface area contributed by atoms with E-state index in [0.29, 0.717) is 24.2 Å². The van der Waals surface area contributed by atoms with E-state index in [1.807, 2.05) is 14.0 Å². The number of rotatable bonds is 4. The zero-order chi connectivity index (χ0) is 16.1. The van der Waals surface area contributed by atoms with E-state index in [4.69, 9.17) is 4.52 Å². The van der Waals surface area contributed by atoms with Gasteiger partial charge in [-0.15, -0.1) is 24.0 Å². The molecule has 1 N–H and O–H groups in total. The number of benzene rings is 1. The van der Waals surface area contributed by atoms with E-state index in [-0.39, 0.29) is 24.0 Å². The van der Waals surface area contributed by atoms with E-state index in [1.165, 1.54) is 12.0 Å². The Kier molecular flexibility index (Phi) is 7.01. The van der Waals surface area contributed by atoms with E-state index < -0.39 is 0 Å². The monoisotopic (exact) mass is 441 g/mol. The molecule has 3 rings (SSSR count). The topological polar surface area (TPSA) is 66.5 Å². The summed E-state index contributed by atoms with van der Waals surface area (Å²) in [5.74, 6) is 2.81. The van der Waals surface area contributed by atoms with Gasteiger partial charge in [-0.2, -0.15) is 4.98 Å². The van der Waals surface area contributed by atoms with Crippen molar-refractivity contribution in [3.63, 3.8) is 0 Å². The summed E-state index contributed by atoms with van der Waals surface area (Å²) in [6.45, 7) is 4.38. The molecule has 130 valence electrons. The third-order valence-corrected chi connectivity index (χ3v) is 4.13. The molecule has 0 saturated carbocycles. The number of guanidine groups is 1. The number of nitrogens with zero attached hydrogens (tertiary/aromatic N) is 4. The molecule has 2 heterocycles. The number of hydrogen-bond donors (Lipinski definition) is 1. The summed E-state index contributed by atoms with van der Waals surface area (Å²) in [5.41, 5.74) is 1.41. The number of nitrogens with one attached hydrogen (secondary N) is 1. The molecule has 1 aliphatic rings. The van der Waals surface area contributed by atoms with Crippen molar-refractivity contribution in [1.82, 2.24) is 20.4 Å². The van der Waals surface area contributed by atoms with Crippen LogP contribution in [-0.2, 0) is 13.0 Å². The molecule has 7 heteroatoms. The van der Waals surface area contributed by atoms with Gasteiger partial charge in [0.1, 0.15) is 0 Å². The van der Waals surface area contributed by atoms with Gasteiger partial charge < -0.3 is 14.7 Å². The molecule has 0 radical (unpaired) electrons. The molecule has 1 aromatic heterocycles. The van der Waals surface area contributed by atoms with Gasteiger partial charge in [-0.1, -0.05) is 35.5 Å². The zero-order valence-corrected chi connectivity index (χ0v) is 16.4. The standard InChI is InChI=1S/C17H23N5O.HI/c1-13-20-16(23-21-13)11-19-17(18-2)22-9-8-15(12-22)10-14-6-4-3-5-7-14;/h3-7,15H,8-12H2,1-2H3,(H,18,19);1H. The minimum Gasteiger partial charge on any atom is -0.347 e. The van der Waals surface area contributed by atoms with Crippen molar-refractivity contribution in [2.75, 3.05) is 20.1 Å².